The molecule has 1 fully saturated rings. The Hall–Kier alpha value is -1.29. The predicted molar refractivity (Wildman–Crippen MR) is 70.7 cm³/mol. The molecule has 2 atom stereocenters. The minimum Gasteiger partial charge on any atom is -0.463 e. The summed E-state index contributed by atoms with van der Waals surface area (Å²) in [7, 11) is 1.31. The van der Waals surface area contributed by atoms with Gasteiger partial charge in [-0.15, -0.1) is 0 Å². The Balaban J connectivity index is 2.16. The highest BCUT2D eigenvalue weighted by Crippen LogP contribution is 2.46. The molecule has 19 heavy (non-hydrogen) atoms. The Morgan fingerprint density at radius 2 is 2.21 bits per heavy atom. The van der Waals surface area contributed by atoms with Crippen molar-refractivity contribution in [1.29, 1.82) is 0 Å². The third-order valence-corrected chi connectivity index (χ3v) is 4.28. The molecule has 0 radical (unpaired) electrons. The van der Waals surface area contributed by atoms with E-state index in [2.05, 4.69) is 18.6 Å². The lowest BCUT2D eigenvalue weighted by Gasteiger charge is -2.40. The van der Waals surface area contributed by atoms with Gasteiger partial charge in [-0.1, -0.05) is 26.7 Å². The van der Waals surface area contributed by atoms with Crippen molar-refractivity contribution in [3.05, 3.63) is 23.7 Å². The van der Waals surface area contributed by atoms with Gasteiger partial charge in [0.05, 0.1) is 7.11 Å². The summed E-state index contributed by atoms with van der Waals surface area (Å²) in [6.45, 7) is 4.37. The van der Waals surface area contributed by atoms with Crippen molar-refractivity contribution < 1.29 is 19.1 Å². The van der Waals surface area contributed by atoms with Crippen molar-refractivity contribution in [1.82, 2.24) is 0 Å². The summed E-state index contributed by atoms with van der Waals surface area (Å²) in [5.74, 6) is 0.254. The Bertz CT molecular complexity index is 447. The van der Waals surface area contributed by atoms with E-state index in [1.165, 1.54) is 13.5 Å². The SMILES string of the molecule is COC(=O)c1ccc(C(O)C2CCCCC2(C)C)o1. The van der Waals surface area contributed by atoms with Crippen molar-refractivity contribution in [2.24, 2.45) is 11.3 Å². The fourth-order valence-corrected chi connectivity index (χ4v) is 3.03. The van der Waals surface area contributed by atoms with Gasteiger partial charge in [0.15, 0.2) is 0 Å². The first kappa shape index (κ1) is 14.1. The molecule has 0 bridgehead atoms. The number of carbonyl (C=O) groups excluding carboxylic acids is 1. The van der Waals surface area contributed by atoms with E-state index in [0.717, 1.165) is 19.3 Å². The van der Waals surface area contributed by atoms with Crippen molar-refractivity contribution in [3.63, 3.8) is 0 Å². The van der Waals surface area contributed by atoms with Gasteiger partial charge >= 0.3 is 5.97 Å². The molecule has 1 aliphatic rings. The average molecular weight is 266 g/mol. The number of hydrogen-bond donors (Lipinski definition) is 1. The second-order valence-corrected chi connectivity index (χ2v) is 5.98. The van der Waals surface area contributed by atoms with Crippen molar-refractivity contribution in [3.8, 4) is 0 Å². The van der Waals surface area contributed by atoms with Crippen LogP contribution < -0.4 is 0 Å². The van der Waals surface area contributed by atoms with Crippen LogP contribution in [0.25, 0.3) is 0 Å². The molecule has 0 saturated heterocycles. The summed E-state index contributed by atoms with van der Waals surface area (Å²) in [5.41, 5.74) is 0.0931. The molecule has 1 N–H and O–H groups in total. The van der Waals surface area contributed by atoms with E-state index in [1.807, 2.05) is 0 Å². The zero-order valence-corrected chi connectivity index (χ0v) is 11.8. The monoisotopic (exact) mass is 266 g/mol. The summed E-state index contributed by atoms with van der Waals surface area (Å²) in [6.07, 6.45) is 3.79. The summed E-state index contributed by atoms with van der Waals surface area (Å²) in [6, 6.07) is 3.22. The summed E-state index contributed by atoms with van der Waals surface area (Å²) >= 11 is 0. The highest BCUT2D eigenvalue weighted by atomic mass is 16.5. The first-order chi connectivity index (χ1) is 8.95. The van der Waals surface area contributed by atoms with E-state index in [-0.39, 0.29) is 17.1 Å². The number of esters is 1. The zero-order chi connectivity index (χ0) is 14.0. The average Bonchev–Trinajstić information content (AvgIpc) is 2.86. The molecule has 4 heteroatoms. The van der Waals surface area contributed by atoms with Crippen LogP contribution in [-0.2, 0) is 4.74 Å². The zero-order valence-electron chi connectivity index (χ0n) is 11.8. The van der Waals surface area contributed by atoms with Gasteiger partial charge in [-0.2, -0.15) is 0 Å². The number of aliphatic hydroxyl groups excluding tert-OH is 1. The van der Waals surface area contributed by atoms with Crippen molar-refractivity contribution in [2.45, 2.75) is 45.6 Å². The third-order valence-electron chi connectivity index (χ3n) is 4.28. The molecule has 2 unspecified atom stereocenters. The second-order valence-electron chi connectivity index (χ2n) is 5.98. The molecule has 2 rings (SSSR count). The van der Waals surface area contributed by atoms with Gasteiger partial charge in [0.2, 0.25) is 5.76 Å². The van der Waals surface area contributed by atoms with Gasteiger partial charge in [-0.3, -0.25) is 0 Å². The van der Waals surface area contributed by atoms with Crippen LogP contribution >= 0.6 is 0 Å². The van der Waals surface area contributed by atoms with Crippen LogP contribution in [0.4, 0.5) is 0 Å². The van der Waals surface area contributed by atoms with E-state index < -0.39 is 12.1 Å². The first-order valence-electron chi connectivity index (χ1n) is 6.82. The maximum atomic E-state index is 11.4. The van der Waals surface area contributed by atoms with Crippen LogP contribution in [0.5, 0.6) is 0 Å². The fourth-order valence-electron chi connectivity index (χ4n) is 3.03. The molecule has 1 aliphatic carbocycles. The lowest BCUT2D eigenvalue weighted by atomic mass is 9.66. The standard InChI is InChI=1S/C15H22O4/c1-15(2)9-5-4-6-10(15)13(16)11-7-8-12(19-11)14(17)18-3/h7-8,10,13,16H,4-6,9H2,1-3H3. The highest BCUT2D eigenvalue weighted by Gasteiger charge is 2.38. The van der Waals surface area contributed by atoms with Crippen LogP contribution in [-0.4, -0.2) is 18.2 Å². The molecule has 1 saturated carbocycles. The molecule has 0 spiro atoms. The Morgan fingerprint density at radius 3 is 2.84 bits per heavy atom. The van der Waals surface area contributed by atoms with Gasteiger partial charge in [0.1, 0.15) is 11.9 Å². The van der Waals surface area contributed by atoms with Gasteiger partial charge in [0.25, 0.3) is 0 Å². The van der Waals surface area contributed by atoms with Gasteiger partial charge in [-0.05, 0) is 36.3 Å². The van der Waals surface area contributed by atoms with E-state index in [1.54, 1.807) is 12.1 Å². The van der Waals surface area contributed by atoms with E-state index in [4.69, 9.17) is 4.42 Å². The van der Waals surface area contributed by atoms with Crippen molar-refractivity contribution >= 4 is 5.97 Å². The van der Waals surface area contributed by atoms with Crippen LogP contribution in [0.3, 0.4) is 0 Å². The largest absolute Gasteiger partial charge is 0.463 e. The highest BCUT2D eigenvalue weighted by molar-refractivity contribution is 5.86. The van der Waals surface area contributed by atoms with Crippen LogP contribution in [0.15, 0.2) is 16.5 Å². The fraction of sp³-hybridized carbons (Fsp3) is 0.667. The first-order valence-corrected chi connectivity index (χ1v) is 6.82. The molecule has 106 valence electrons. The minimum atomic E-state index is -0.659. The number of carbonyl (C=O) groups is 1. The van der Waals surface area contributed by atoms with Gasteiger partial charge in [-0.25, -0.2) is 4.79 Å². The topological polar surface area (TPSA) is 59.7 Å². The number of furan rings is 1. The molecule has 1 aromatic heterocycles. The molecule has 1 heterocycles. The van der Waals surface area contributed by atoms with Crippen LogP contribution in [0.1, 0.15) is 61.9 Å². The minimum absolute atomic E-state index is 0.0931. The maximum absolute atomic E-state index is 11.4. The van der Waals surface area contributed by atoms with E-state index in [9.17, 15) is 9.90 Å². The Kier molecular flexibility index (Phi) is 3.99. The number of hydrogen-bond acceptors (Lipinski definition) is 4. The number of rotatable bonds is 3. The molecular formula is C15H22O4. The van der Waals surface area contributed by atoms with Crippen LogP contribution in [0, 0.1) is 11.3 Å². The van der Waals surface area contributed by atoms with E-state index in [0.29, 0.717) is 5.76 Å². The number of methoxy groups -OCH3 is 1. The second kappa shape index (κ2) is 5.37. The quantitative estimate of drug-likeness (QED) is 0.853. The van der Waals surface area contributed by atoms with Gasteiger partial charge in [0, 0.05) is 0 Å². The molecular weight excluding hydrogens is 244 g/mol. The number of ether oxygens (including phenoxy) is 1. The molecule has 1 aromatic rings. The van der Waals surface area contributed by atoms with Crippen LogP contribution in [0.2, 0.25) is 0 Å². The van der Waals surface area contributed by atoms with Crippen molar-refractivity contribution in [2.75, 3.05) is 7.11 Å². The summed E-state index contributed by atoms with van der Waals surface area (Å²) in [5, 5.41) is 10.5. The maximum Gasteiger partial charge on any atom is 0.373 e. The molecule has 4 nitrogen and oxygen atoms in total. The smallest absolute Gasteiger partial charge is 0.373 e. The summed E-state index contributed by atoms with van der Waals surface area (Å²) < 4.78 is 10.0. The molecule has 0 amide bonds. The predicted octanol–water partition coefficient (Wildman–Crippen LogP) is 3.32. The number of aliphatic hydroxyl groups is 1. The Morgan fingerprint density at radius 1 is 1.47 bits per heavy atom. The lowest BCUT2D eigenvalue weighted by Crippen LogP contribution is -2.32. The Labute approximate surface area is 113 Å². The normalized spacial score (nSPS) is 23.9. The lowest BCUT2D eigenvalue weighted by molar-refractivity contribution is -0.00876. The summed E-state index contributed by atoms with van der Waals surface area (Å²) in [4.78, 5) is 11.4. The molecule has 0 aliphatic heterocycles. The van der Waals surface area contributed by atoms with E-state index >= 15 is 0 Å². The van der Waals surface area contributed by atoms with Gasteiger partial charge < -0.3 is 14.3 Å². The molecule has 0 aromatic carbocycles. The third kappa shape index (κ3) is 2.84.